The van der Waals surface area contributed by atoms with E-state index in [1.54, 1.807) is 20.0 Å². The van der Waals surface area contributed by atoms with E-state index >= 15 is 0 Å². The smallest absolute Gasteiger partial charge is 0.398 e. The number of aromatic nitrogens is 1. The van der Waals surface area contributed by atoms with Crippen LogP contribution in [0, 0.1) is 19.7 Å². The zero-order valence-corrected chi connectivity index (χ0v) is 21.9. The Labute approximate surface area is 209 Å². The summed E-state index contributed by atoms with van der Waals surface area (Å²) < 4.78 is 55.9. The number of alkyl halides is 2. The predicted octanol–water partition coefficient (Wildman–Crippen LogP) is 5.70. The van der Waals surface area contributed by atoms with Crippen molar-refractivity contribution in [2.24, 2.45) is 7.05 Å². The molecule has 0 radical (unpaired) electrons. The summed E-state index contributed by atoms with van der Waals surface area (Å²) in [5.41, 5.74) is 0.237. The van der Waals surface area contributed by atoms with Crippen LogP contribution < -0.4 is 16.5 Å². The van der Waals surface area contributed by atoms with Crippen molar-refractivity contribution in [3.63, 3.8) is 0 Å². The van der Waals surface area contributed by atoms with E-state index in [2.05, 4.69) is 5.32 Å². The van der Waals surface area contributed by atoms with Crippen molar-refractivity contribution < 1.29 is 22.5 Å². The van der Waals surface area contributed by atoms with Crippen LogP contribution in [0.2, 0.25) is 0 Å². The number of rotatable bonds is 5. The molecule has 1 aliphatic rings. The van der Waals surface area contributed by atoms with E-state index in [1.165, 1.54) is 23.6 Å². The number of hydrogen-bond acceptors (Lipinski definition) is 4. The molecule has 0 aliphatic carbocycles. The quantitative estimate of drug-likeness (QED) is 0.457. The maximum absolute atomic E-state index is 14.5. The fourth-order valence-electron chi connectivity index (χ4n) is 4.61. The lowest BCUT2D eigenvalue weighted by atomic mass is 9.81. The minimum atomic E-state index is -2.98. The number of pyridine rings is 1. The van der Waals surface area contributed by atoms with Crippen molar-refractivity contribution in [2.45, 2.75) is 72.1 Å². The Kier molecular flexibility index (Phi) is 6.54. The van der Waals surface area contributed by atoms with E-state index in [4.69, 9.17) is 9.31 Å². The Morgan fingerprint density at radius 2 is 1.61 bits per heavy atom. The Hall–Kier alpha value is -2.78. The molecule has 0 amide bonds. The zero-order valence-electron chi connectivity index (χ0n) is 21.9. The van der Waals surface area contributed by atoms with Gasteiger partial charge in [0.05, 0.1) is 22.4 Å². The number of aryl methyl sites for hydroxylation is 2. The molecule has 1 fully saturated rings. The van der Waals surface area contributed by atoms with E-state index in [1.807, 2.05) is 46.8 Å². The first-order valence-corrected chi connectivity index (χ1v) is 12.0. The Morgan fingerprint density at radius 1 is 1.00 bits per heavy atom. The molecule has 192 valence electrons. The third-order valence-corrected chi connectivity index (χ3v) is 7.50. The number of nitrogens with zero attached hydrogens (tertiary/aromatic N) is 1. The van der Waals surface area contributed by atoms with E-state index < -0.39 is 42.2 Å². The van der Waals surface area contributed by atoms with Gasteiger partial charge in [0.15, 0.2) is 0 Å². The van der Waals surface area contributed by atoms with Gasteiger partial charge in [-0.1, -0.05) is 12.1 Å². The van der Waals surface area contributed by atoms with Crippen LogP contribution in [0.5, 0.6) is 0 Å². The summed E-state index contributed by atoms with van der Waals surface area (Å²) >= 11 is 0. The molecule has 0 saturated carbocycles. The topological polar surface area (TPSA) is 52.5 Å². The average Bonchev–Trinajstić information content (AvgIpc) is 2.99. The monoisotopic (exact) mass is 500 g/mol. The minimum absolute atomic E-state index is 0.0188. The van der Waals surface area contributed by atoms with Crippen LogP contribution in [0.1, 0.15) is 69.3 Å². The first-order chi connectivity index (χ1) is 16.6. The zero-order chi connectivity index (χ0) is 26.7. The fraction of sp³-hybridized carbons (Fsp3) is 0.444. The molecule has 1 aromatic heterocycles. The highest BCUT2D eigenvalue weighted by Gasteiger charge is 2.52. The number of hydrogen-bond donors (Lipinski definition) is 1. The van der Waals surface area contributed by atoms with Gasteiger partial charge in [-0.15, -0.1) is 0 Å². The molecule has 0 bridgehead atoms. The van der Waals surface area contributed by atoms with Gasteiger partial charge < -0.3 is 19.2 Å². The van der Waals surface area contributed by atoms with E-state index in [9.17, 15) is 18.0 Å². The molecule has 1 N–H and O–H groups in total. The number of fused-ring (bicyclic) bond motifs is 1. The predicted molar refractivity (Wildman–Crippen MR) is 138 cm³/mol. The Bertz CT molecular complexity index is 1390. The summed E-state index contributed by atoms with van der Waals surface area (Å²) in [6, 6.07) is 7.98. The summed E-state index contributed by atoms with van der Waals surface area (Å²) in [6.07, 6.45) is -2.98. The summed E-state index contributed by atoms with van der Waals surface area (Å²) in [7, 11) is 0.918. The molecule has 0 spiro atoms. The molecular formula is C27H32BF3N2O3. The summed E-state index contributed by atoms with van der Waals surface area (Å²) in [4.78, 5) is 13.4. The highest BCUT2D eigenvalue weighted by Crippen LogP contribution is 2.37. The van der Waals surface area contributed by atoms with Crippen LogP contribution >= 0.6 is 0 Å². The van der Waals surface area contributed by atoms with Crippen molar-refractivity contribution >= 4 is 29.2 Å². The number of anilines is 1. The maximum atomic E-state index is 14.5. The van der Waals surface area contributed by atoms with Gasteiger partial charge in [-0.3, -0.25) is 4.79 Å². The third-order valence-electron chi connectivity index (χ3n) is 7.50. The maximum Gasteiger partial charge on any atom is 0.512 e. The van der Waals surface area contributed by atoms with Crippen LogP contribution in [0.3, 0.4) is 0 Å². The standard InChI is InChI=1S/C27H32BF3N2O3/c1-14-11-17(16(3)32-20-10-9-15(2)23(29)22(20)24(30)31)18-13-21(33(8)25(34)19(18)12-14)28-35-26(4,5)27(6,7)36-28/h9-13,16,24,32H,1-8H3/t16-/m1/s1. The average molecular weight is 500 g/mol. The van der Waals surface area contributed by atoms with Crippen molar-refractivity contribution in [1.29, 1.82) is 0 Å². The Balaban J connectivity index is 1.84. The Morgan fingerprint density at radius 3 is 2.19 bits per heavy atom. The highest BCUT2D eigenvalue weighted by molar-refractivity contribution is 6.61. The van der Waals surface area contributed by atoms with Crippen molar-refractivity contribution in [3.05, 3.63) is 68.8 Å². The second-order valence-electron chi connectivity index (χ2n) is 10.7. The largest absolute Gasteiger partial charge is 0.512 e. The highest BCUT2D eigenvalue weighted by atomic mass is 19.3. The SMILES string of the molecule is Cc1cc([C@@H](C)Nc2ccc(C)c(F)c2C(F)F)c2cc(B3OC(C)(C)C(C)(C)O3)n(C)c(=O)c2c1. The third kappa shape index (κ3) is 4.32. The van der Waals surface area contributed by atoms with Gasteiger partial charge >= 0.3 is 7.12 Å². The molecule has 2 heterocycles. The summed E-state index contributed by atoms with van der Waals surface area (Å²) in [5, 5.41) is 4.20. The molecular weight excluding hydrogens is 468 g/mol. The first kappa shape index (κ1) is 26.3. The molecule has 5 nitrogen and oxygen atoms in total. The van der Waals surface area contributed by atoms with Crippen LogP contribution in [0.15, 0.2) is 35.1 Å². The molecule has 0 unspecified atom stereocenters. The molecule has 36 heavy (non-hydrogen) atoms. The lowest BCUT2D eigenvalue weighted by Gasteiger charge is -2.32. The molecule has 1 atom stereocenters. The van der Waals surface area contributed by atoms with Gasteiger partial charge in [0.2, 0.25) is 0 Å². The summed E-state index contributed by atoms with van der Waals surface area (Å²) in [6.45, 7) is 12.9. The van der Waals surface area contributed by atoms with Crippen LogP contribution in [0.4, 0.5) is 18.9 Å². The molecule has 9 heteroatoms. The molecule has 1 aliphatic heterocycles. The fourth-order valence-corrected chi connectivity index (χ4v) is 4.61. The van der Waals surface area contributed by atoms with Gasteiger partial charge in [-0.05, 0) is 88.7 Å². The van der Waals surface area contributed by atoms with Crippen LogP contribution in [-0.4, -0.2) is 22.9 Å². The van der Waals surface area contributed by atoms with E-state index in [0.29, 0.717) is 16.4 Å². The summed E-state index contributed by atoms with van der Waals surface area (Å²) in [5.74, 6) is -0.923. The lowest BCUT2D eigenvalue weighted by molar-refractivity contribution is 0.00578. The normalized spacial score (nSPS) is 17.7. The molecule has 1 saturated heterocycles. The number of halogens is 3. The minimum Gasteiger partial charge on any atom is -0.398 e. The van der Waals surface area contributed by atoms with Gasteiger partial charge in [-0.25, -0.2) is 13.2 Å². The van der Waals surface area contributed by atoms with E-state index in [-0.39, 0.29) is 16.8 Å². The lowest BCUT2D eigenvalue weighted by Crippen LogP contribution is -2.44. The van der Waals surface area contributed by atoms with Crippen LogP contribution in [0.25, 0.3) is 10.8 Å². The second-order valence-corrected chi connectivity index (χ2v) is 10.7. The van der Waals surface area contributed by atoms with E-state index in [0.717, 1.165) is 11.1 Å². The number of benzene rings is 2. The van der Waals surface area contributed by atoms with Crippen molar-refractivity contribution in [3.8, 4) is 0 Å². The van der Waals surface area contributed by atoms with Gasteiger partial charge in [0.1, 0.15) is 5.82 Å². The molecule has 4 rings (SSSR count). The molecule has 3 aromatic rings. The van der Waals surface area contributed by atoms with Crippen molar-refractivity contribution in [1.82, 2.24) is 4.57 Å². The molecule has 2 aromatic carbocycles. The second kappa shape index (κ2) is 8.96. The van der Waals surface area contributed by atoms with Crippen LogP contribution in [-0.2, 0) is 16.4 Å². The van der Waals surface area contributed by atoms with Gasteiger partial charge in [-0.2, -0.15) is 0 Å². The number of nitrogens with one attached hydrogen (secondary N) is 1. The van der Waals surface area contributed by atoms with Gasteiger partial charge in [0, 0.05) is 24.2 Å². The van der Waals surface area contributed by atoms with Crippen molar-refractivity contribution in [2.75, 3.05) is 5.32 Å². The van der Waals surface area contributed by atoms with Gasteiger partial charge in [0.25, 0.3) is 12.0 Å². The first-order valence-electron chi connectivity index (χ1n) is 12.0.